The van der Waals surface area contributed by atoms with E-state index in [0.29, 0.717) is 59.5 Å². The van der Waals surface area contributed by atoms with Gasteiger partial charge in [-0.1, -0.05) is 22.6 Å². The van der Waals surface area contributed by atoms with Crippen LogP contribution in [0.1, 0.15) is 34.6 Å². The van der Waals surface area contributed by atoms with E-state index in [1.807, 2.05) is 20.8 Å². The monoisotopic (exact) mass is 461 g/mol. The van der Waals surface area contributed by atoms with Gasteiger partial charge in [0.2, 0.25) is 0 Å². The molecule has 0 fully saturated rings. The lowest BCUT2D eigenvalue weighted by Gasteiger charge is -2.19. The summed E-state index contributed by atoms with van der Waals surface area (Å²) >= 11 is 2.36. The molecular weight excluding hydrogens is 425 g/mol. The standard InChI is InChI=1S/C17H36INO5/c1-16(2,3)24-15-14-23-13-12-22-11-10-21-9-8-20-7-6-19-17(4,5)18/h19H,6-15H2,1-5H3. The number of ether oxygens (including phenoxy) is 5. The van der Waals surface area contributed by atoms with E-state index in [-0.39, 0.29) is 9.15 Å². The highest BCUT2D eigenvalue weighted by atomic mass is 127. The lowest BCUT2D eigenvalue weighted by Crippen LogP contribution is -2.35. The van der Waals surface area contributed by atoms with E-state index in [4.69, 9.17) is 23.7 Å². The third-order valence-electron chi connectivity index (χ3n) is 2.67. The lowest BCUT2D eigenvalue weighted by atomic mass is 10.2. The van der Waals surface area contributed by atoms with Crippen molar-refractivity contribution in [2.24, 2.45) is 0 Å². The van der Waals surface area contributed by atoms with Gasteiger partial charge < -0.3 is 29.0 Å². The van der Waals surface area contributed by atoms with E-state index >= 15 is 0 Å². The maximum atomic E-state index is 5.55. The quantitative estimate of drug-likeness (QED) is 0.165. The topological polar surface area (TPSA) is 58.2 Å². The first-order valence-corrected chi connectivity index (χ1v) is 9.67. The summed E-state index contributed by atoms with van der Waals surface area (Å²) in [4.78, 5) is 0. The van der Waals surface area contributed by atoms with Crippen LogP contribution < -0.4 is 5.32 Å². The lowest BCUT2D eigenvalue weighted by molar-refractivity contribution is -0.0459. The summed E-state index contributed by atoms with van der Waals surface area (Å²) in [6.07, 6.45) is 0. The molecule has 0 aliphatic heterocycles. The van der Waals surface area contributed by atoms with E-state index in [1.165, 1.54) is 0 Å². The predicted molar refractivity (Wildman–Crippen MR) is 105 cm³/mol. The van der Waals surface area contributed by atoms with E-state index in [1.54, 1.807) is 0 Å². The zero-order valence-corrected chi connectivity index (χ0v) is 18.1. The van der Waals surface area contributed by atoms with Crippen molar-refractivity contribution in [3.8, 4) is 0 Å². The summed E-state index contributed by atoms with van der Waals surface area (Å²) in [5, 5.41) is 3.35. The summed E-state index contributed by atoms with van der Waals surface area (Å²) in [7, 11) is 0. The molecule has 0 saturated heterocycles. The first-order valence-electron chi connectivity index (χ1n) is 8.59. The molecule has 7 heteroatoms. The summed E-state index contributed by atoms with van der Waals surface area (Å²) in [6.45, 7) is 16.6. The van der Waals surface area contributed by atoms with Crippen LogP contribution in [0.25, 0.3) is 0 Å². The van der Waals surface area contributed by atoms with Crippen molar-refractivity contribution >= 4 is 22.6 Å². The minimum Gasteiger partial charge on any atom is -0.378 e. The number of hydrogen-bond donors (Lipinski definition) is 1. The molecule has 0 aromatic carbocycles. The Labute approximate surface area is 161 Å². The van der Waals surface area contributed by atoms with Crippen LogP contribution >= 0.6 is 22.6 Å². The highest BCUT2D eigenvalue weighted by Gasteiger charge is 2.09. The molecule has 0 aromatic rings. The first kappa shape index (κ1) is 24.5. The zero-order valence-electron chi connectivity index (χ0n) is 16.0. The summed E-state index contributed by atoms with van der Waals surface area (Å²) in [5.41, 5.74) is -0.107. The van der Waals surface area contributed by atoms with Crippen molar-refractivity contribution < 1.29 is 23.7 Å². The highest BCUT2D eigenvalue weighted by molar-refractivity contribution is 14.1. The van der Waals surface area contributed by atoms with Crippen LogP contribution in [0.15, 0.2) is 0 Å². The Morgan fingerprint density at radius 3 is 1.38 bits per heavy atom. The average molecular weight is 461 g/mol. The van der Waals surface area contributed by atoms with Gasteiger partial charge in [-0.15, -0.1) is 0 Å². The minimum atomic E-state index is -0.107. The molecule has 0 saturated carbocycles. The zero-order chi connectivity index (χ0) is 18.3. The van der Waals surface area contributed by atoms with E-state index in [0.717, 1.165) is 6.54 Å². The SMILES string of the molecule is CC(C)(I)NCCOCCOCCOCCOCCOC(C)(C)C. The van der Waals surface area contributed by atoms with Crippen molar-refractivity contribution in [1.82, 2.24) is 5.32 Å². The van der Waals surface area contributed by atoms with Crippen molar-refractivity contribution in [3.63, 3.8) is 0 Å². The molecule has 0 amide bonds. The van der Waals surface area contributed by atoms with Gasteiger partial charge in [-0.25, -0.2) is 0 Å². The largest absolute Gasteiger partial charge is 0.378 e. The molecule has 0 bridgehead atoms. The number of nitrogens with one attached hydrogen (secondary N) is 1. The molecule has 0 unspecified atom stereocenters. The summed E-state index contributed by atoms with van der Waals surface area (Å²) in [5.74, 6) is 0. The van der Waals surface area contributed by atoms with Crippen LogP contribution in [0.5, 0.6) is 0 Å². The second-order valence-corrected chi connectivity index (χ2v) is 9.51. The molecule has 0 aliphatic rings. The predicted octanol–water partition coefficient (Wildman–Crippen LogP) is 2.63. The Morgan fingerprint density at radius 2 is 1.00 bits per heavy atom. The van der Waals surface area contributed by atoms with Gasteiger partial charge in [-0.05, 0) is 34.6 Å². The van der Waals surface area contributed by atoms with Gasteiger partial charge in [0.25, 0.3) is 0 Å². The molecule has 0 heterocycles. The van der Waals surface area contributed by atoms with E-state index in [2.05, 4.69) is 41.8 Å². The fraction of sp³-hybridized carbons (Fsp3) is 1.00. The number of hydrogen-bond acceptors (Lipinski definition) is 6. The van der Waals surface area contributed by atoms with Crippen LogP contribution in [-0.4, -0.2) is 75.2 Å². The maximum absolute atomic E-state index is 5.55. The van der Waals surface area contributed by atoms with E-state index in [9.17, 15) is 0 Å². The van der Waals surface area contributed by atoms with Crippen LogP contribution in [0.3, 0.4) is 0 Å². The second kappa shape index (κ2) is 14.6. The first-order chi connectivity index (χ1) is 11.2. The van der Waals surface area contributed by atoms with Crippen molar-refractivity contribution in [1.29, 1.82) is 0 Å². The second-order valence-electron chi connectivity index (χ2n) is 6.81. The molecule has 0 rings (SSSR count). The molecule has 24 heavy (non-hydrogen) atoms. The average Bonchev–Trinajstić information content (AvgIpc) is 2.44. The Morgan fingerprint density at radius 1 is 0.625 bits per heavy atom. The molecule has 146 valence electrons. The van der Waals surface area contributed by atoms with Gasteiger partial charge >= 0.3 is 0 Å². The van der Waals surface area contributed by atoms with Crippen LogP contribution in [0.2, 0.25) is 0 Å². The molecule has 0 spiro atoms. The van der Waals surface area contributed by atoms with Gasteiger partial charge in [-0.3, -0.25) is 0 Å². The van der Waals surface area contributed by atoms with Crippen LogP contribution in [0.4, 0.5) is 0 Å². The summed E-state index contributed by atoms with van der Waals surface area (Å²) in [6, 6.07) is 0. The van der Waals surface area contributed by atoms with Crippen molar-refractivity contribution in [2.45, 2.75) is 43.8 Å². The fourth-order valence-corrected chi connectivity index (χ4v) is 1.86. The molecule has 0 atom stereocenters. The molecule has 0 aliphatic carbocycles. The third kappa shape index (κ3) is 22.5. The number of rotatable bonds is 16. The highest BCUT2D eigenvalue weighted by Crippen LogP contribution is 2.10. The van der Waals surface area contributed by atoms with E-state index < -0.39 is 0 Å². The van der Waals surface area contributed by atoms with Gasteiger partial charge in [0.15, 0.2) is 0 Å². The Bertz CT molecular complexity index is 251. The van der Waals surface area contributed by atoms with Crippen molar-refractivity contribution in [3.05, 3.63) is 0 Å². The Balaban J connectivity index is 3.08. The molecule has 1 N–H and O–H groups in total. The normalized spacial score (nSPS) is 12.8. The number of halogens is 1. The Kier molecular flexibility index (Phi) is 14.9. The minimum absolute atomic E-state index is 0.107. The molecule has 0 aromatic heterocycles. The smallest absolute Gasteiger partial charge is 0.0707 e. The third-order valence-corrected chi connectivity index (χ3v) is 3.05. The van der Waals surface area contributed by atoms with Crippen molar-refractivity contribution in [2.75, 3.05) is 66.0 Å². The summed E-state index contributed by atoms with van der Waals surface area (Å²) < 4.78 is 27.4. The number of alkyl halides is 1. The fourth-order valence-electron chi connectivity index (χ4n) is 1.59. The van der Waals surface area contributed by atoms with Gasteiger partial charge in [-0.2, -0.15) is 0 Å². The van der Waals surface area contributed by atoms with Crippen LogP contribution in [0, 0.1) is 0 Å². The Hall–Kier alpha value is 0.490. The van der Waals surface area contributed by atoms with Gasteiger partial charge in [0.1, 0.15) is 0 Å². The van der Waals surface area contributed by atoms with Gasteiger partial charge in [0.05, 0.1) is 68.6 Å². The molecular formula is C17H36INO5. The van der Waals surface area contributed by atoms with Gasteiger partial charge in [0, 0.05) is 6.54 Å². The molecule has 0 radical (unpaired) electrons. The molecule has 6 nitrogen and oxygen atoms in total. The maximum Gasteiger partial charge on any atom is 0.0707 e. The van der Waals surface area contributed by atoms with Crippen LogP contribution in [-0.2, 0) is 23.7 Å².